The smallest absolute Gasteiger partial charge is 0.170 e. The number of hydrogen-bond donors (Lipinski definition) is 1. The highest BCUT2D eigenvalue weighted by atomic mass is 35.5. The Morgan fingerprint density at radius 1 is 1.60 bits per heavy atom. The highest BCUT2D eigenvalue weighted by Crippen LogP contribution is 2.19. The Kier molecular flexibility index (Phi) is 4.24. The summed E-state index contributed by atoms with van der Waals surface area (Å²) in [5.41, 5.74) is 5.46. The lowest BCUT2D eigenvalue weighted by atomic mass is 9.95. The van der Waals surface area contributed by atoms with Gasteiger partial charge in [-0.1, -0.05) is 18.5 Å². The lowest BCUT2D eigenvalue weighted by Gasteiger charge is -2.11. The van der Waals surface area contributed by atoms with E-state index in [-0.39, 0.29) is 23.8 Å². The van der Waals surface area contributed by atoms with Crippen LogP contribution < -0.4 is 5.73 Å². The van der Waals surface area contributed by atoms with Crippen molar-refractivity contribution in [3.8, 4) is 0 Å². The van der Waals surface area contributed by atoms with Crippen molar-refractivity contribution in [1.82, 2.24) is 0 Å². The molecule has 2 nitrogen and oxygen atoms in total. The molecular weight excluding hydrogens is 217 g/mol. The molecule has 0 bridgehead atoms. The van der Waals surface area contributed by atoms with Gasteiger partial charge in [0, 0.05) is 17.5 Å². The molecule has 1 aromatic rings. The lowest BCUT2D eigenvalue weighted by Crippen LogP contribution is -2.23. The minimum atomic E-state index is -0.545. The number of benzene rings is 1. The number of nitrogens with two attached hydrogens (primary N) is 1. The molecule has 0 aromatic heterocycles. The molecule has 0 aliphatic carbocycles. The molecule has 0 saturated carbocycles. The van der Waals surface area contributed by atoms with Gasteiger partial charge < -0.3 is 5.73 Å². The zero-order valence-corrected chi connectivity index (χ0v) is 9.22. The molecule has 1 unspecified atom stereocenters. The van der Waals surface area contributed by atoms with Gasteiger partial charge in [0.25, 0.3) is 0 Å². The van der Waals surface area contributed by atoms with Crippen molar-refractivity contribution in [1.29, 1.82) is 0 Å². The topological polar surface area (TPSA) is 43.1 Å². The molecule has 1 atom stereocenters. The van der Waals surface area contributed by atoms with Gasteiger partial charge in [-0.25, -0.2) is 4.39 Å². The Bertz CT molecular complexity index is 364. The quantitative estimate of drug-likeness (QED) is 0.807. The van der Waals surface area contributed by atoms with E-state index in [0.717, 1.165) is 0 Å². The van der Waals surface area contributed by atoms with E-state index >= 15 is 0 Å². The summed E-state index contributed by atoms with van der Waals surface area (Å²) in [6, 6.07) is 3.95. The Labute approximate surface area is 93.2 Å². The first-order valence-electron chi connectivity index (χ1n) is 4.79. The van der Waals surface area contributed by atoms with E-state index in [1.807, 2.05) is 6.92 Å². The molecule has 82 valence electrons. The first kappa shape index (κ1) is 12.1. The van der Waals surface area contributed by atoms with E-state index in [4.69, 9.17) is 17.3 Å². The predicted octanol–water partition coefficient (Wildman–Crippen LogP) is 2.65. The van der Waals surface area contributed by atoms with Crippen molar-refractivity contribution >= 4 is 17.4 Å². The fourth-order valence-corrected chi connectivity index (χ4v) is 1.54. The fraction of sp³-hybridized carbons (Fsp3) is 0.364. The number of Topliss-reactive ketones (excluding diaryl/α,β-unsaturated/α-hetero) is 1. The Balaban J connectivity index is 3.04. The van der Waals surface area contributed by atoms with Gasteiger partial charge in [0.15, 0.2) is 5.78 Å². The van der Waals surface area contributed by atoms with Crippen LogP contribution in [-0.2, 0) is 0 Å². The third kappa shape index (κ3) is 2.76. The number of halogens is 2. The predicted molar refractivity (Wildman–Crippen MR) is 58.6 cm³/mol. The highest BCUT2D eigenvalue weighted by molar-refractivity contribution is 6.31. The molecule has 0 fully saturated rings. The normalized spacial score (nSPS) is 12.5. The minimum Gasteiger partial charge on any atom is -0.330 e. The summed E-state index contributed by atoms with van der Waals surface area (Å²) in [4.78, 5) is 11.8. The van der Waals surface area contributed by atoms with Crippen molar-refractivity contribution in [3.05, 3.63) is 34.6 Å². The summed E-state index contributed by atoms with van der Waals surface area (Å²) in [6.07, 6.45) is 0.598. The molecule has 1 aromatic carbocycles. The van der Waals surface area contributed by atoms with E-state index in [9.17, 15) is 9.18 Å². The van der Waals surface area contributed by atoms with Gasteiger partial charge in [-0.2, -0.15) is 0 Å². The van der Waals surface area contributed by atoms with Crippen LogP contribution in [0.1, 0.15) is 23.7 Å². The van der Waals surface area contributed by atoms with Gasteiger partial charge >= 0.3 is 0 Å². The van der Waals surface area contributed by atoms with Crippen molar-refractivity contribution in [2.45, 2.75) is 13.3 Å². The Morgan fingerprint density at radius 3 is 2.80 bits per heavy atom. The summed E-state index contributed by atoms with van der Waals surface area (Å²) in [6.45, 7) is 2.07. The van der Waals surface area contributed by atoms with Gasteiger partial charge in [0.2, 0.25) is 0 Å². The molecule has 0 amide bonds. The van der Waals surface area contributed by atoms with E-state index in [1.165, 1.54) is 18.2 Å². The summed E-state index contributed by atoms with van der Waals surface area (Å²) in [5, 5.41) is 0.353. The molecular formula is C11H13ClFNO. The van der Waals surface area contributed by atoms with Crippen LogP contribution in [0.3, 0.4) is 0 Å². The average molecular weight is 230 g/mol. The Morgan fingerprint density at radius 2 is 2.27 bits per heavy atom. The summed E-state index contributed by atoms with van der Waals surface area (Å²) in [5.74, 6) is -1.16. The van der Waals surface area contributed by atoms with Crippen molar-refractivity contribution < 1.29 is 9.18 Å². The zero-order valence-electron chi connectivity index (χ0n) is 8.47. The fourth-order valence-electron chi connectivity index (χ4n) is 1.37. The van der Waals surface area contributed by atoms with Crippen LogP contribution in [0, 0.1) is 11.7 Å². The summed E-state index contributed by atoms with van der Waals surface area (Å²) in [7, 11) is 0. The molecule has 2 N–H and O–H groups in total. The first-order valence-corrected chi connectivity index (χ1v) is 5.17. The standard InChI is InChI=1S/C11H13ClFNO/c1-2-7(6-14)11(15)9-5-8(12)3-4-10(9)13/h3-5,7H,2,6,14H2,1H3. The number of rotatable bonds is 4. The minimum absolute atomic E-state index is 0.0276. The lowest BCUT2D eigenvalue weighted by molar-refractivity contribution is 0.0917. The van der Waals surface area contributed by atoms with Crippen LogP contribution in [0.5, 0.6) is 0 Å². The molecule has 0 saturated heterocycles. The van der Waals surface area contributed by atoms with Crippen molar-refractivity contribution in [3.63, 3.8) is 0 Å². The van der Waals surface area contributed by atoms with Crippen molar-refractivity contribution in [2.24, 2.45) is 11.7 Å². The first-order chi connectivity index (χ1) is 7.10. The van der Waals surface area contributed by atoms with Gasteiger partial charge in [-0.05, 0) is 24.6 Å². The average Bonchev–Trinajstić information content (AvgIpc) is 2.23. The number of ketones is 1. The summed E-state index contributed by atoms with van der Waals surface area (Å²) >= 11 is 5.70. The van der Waals surface area contributed by atoms with E-state index < -0.39 is 5.82 Å². The van der Waals surface area contributed by atoms with Gasteiger partial charge in [0.05, 0.1) is 5.56 Å². The maximum Gasteiger partial charge on any atom is 0.170 e. The number of hydrogen-bond acceptors (Lipinski definition) is 2. The largest absolute Gasteiger partial charge is 0.330 e. The maximum atomic E-state index is 13.3. The summed E-state index contributed by atoms with van der Waals surface area (Å²) < 4.78 is 13.3. The molecule has 15 heavy (non-hydrogen) atoms. The van der Waals surface area contributed by atoms with E-state index in [0.29, 0.717) is 11.4 Å². The van der Waals surface area contributed by atoms with Crippen LogP contribution in [0.4, 0.5) is 4.39 Å². The van der Waals surface area contributed by atoms with E-state index in [2.05, 4.69) is 0 Å². The molecule has 0 aliphatic heterocycles. The molecule has 0 aliphatic rings. The second kappa shape index (κ2) is 5.24. The highest BCUT2D eigenvalue weighted by Gasteiger charge is 2.20. The monoisotopic (exact) mass is 229 g/mol. The van der Waals surface area contributed by atoms with Crippen LogP contribution in [0.15, 0.2) is 18.2 Å². The van der Waals surface area contributed by atoms with Crippen LogP contribution in [0.25, 0.3) is 0 Å². The molecule has 0 spiro atoms. The molecule has 0 radical (unpaired) electrons. The third-order valence-electron chi connectivity index (χ3n) is 2.34. The number of carbonyl (C=O) groups excluding carboxylic acids is 1. The maximum absolute atomic E-state index is 13.3. The SMILES string of the molecule is CCC(CN)C(=O)c1cc(Cl)ccc1F. The van der Waals surface area contributed by atoms with Crippen LogP contribution in [0.2, 0.25) is 5.02 Å². The zero-order chi connectivity index (χ0) is 11.4. The molecule has 4 heteroatoms. The second-order valence-electron chi connectivity index (χ2n) is 3.33. The van der Waals surface area contributed by atoms with E-state index in [1.54, 1.807) is 0 Å². The van der Waals surface area contributed by atoms with Crippen LogP contribution in [-0.4, -0.2) is 12.3 Å². The second-order valence-corrected chi connectivity index (χ2v) is 3.77. The Hall–Kier alpha value is -0.930. The van der Waals surface area contributed by atoms with Gasteiger partial charge in [0.1, 0.15) is 5.82 Å². The van der Waals surface area contributed by atoms with Crippen LogP contribution >= 0.6 is 11.6 Å². The number of carbonyl (C=O) groups is 1. The van der Waals surface area contributed by atoms with Gasteiger partial charge in [-0.15, -0.1) is 0 Å². The van der Waals surface area contributed by atoms with Gasteiger partial charge in [-0.3, -0.25) is 4.79 Å². The third-order valence-corrected chi connectivity index (χ3v) is 2.58. The molecule has 0 heterocycles. The molecule has 1 rings (SSSR count). The van der Waals surface area contributed by atoms with Crippen molar-refractivity contribution in [2.75, 3.05) is 6.54 Å².